The van der Waals surface area contributed by atoms with Crippen LogP contribution in [0.5, 0.6) is 11.5 Å². The van der Waals surface area contributed by atoms with Gasteiger partial charge in [-0.2, -0.15) is 0 Å². The van der Waals surface area contributed by atoms with E-state index in [1.165, 1.54) is 25.3 Å². The topological polar surface area (TPSA) is 83.7 Å². The first kappa shape index (κ1) is 21.4. The third kappa shape index (κ3) is 5.40. The number of hydrogen-bond donors (Lipinski definition) is 3. The van der Waals surface area contributed by atoms with Crippen LogP contribution in [0, 0.1) is 6.92 Å². The van der Waals surface area contributed by atoms with Crippen LogP contribution < -0.4 is 15.4 Å². The molecule has 0 saturated carbocycles. The number of methoxy groups -OCH3 is 1. The van der Waals surface area contributed by atoms with Gasteiger partial charge in [-0.1, -0.05) is 23.7 Å². The van der Waals surface area contributed by atoms with Gasteiger partial charge in [0.1, 0.15) is 23.0 Å². The van der Waals surface area contributed by atoms with Gasteiger partial charge in [-0.25, -0.2) is 0 Å². The fourth-order valence-corrected chi connectivity index (χ4v) is 2.94. The van der Waals surface area contributed by atoms with E-state index in [0.717, 1.165) is 11.1 Å². The van der Waals surface area contributed by atoms with Gasteiger partial charge in [0.05, 0.1) is 12.8 Å². The Labute approximate surface area is 184 Å². The standard InChI is InChI=1S/C22H19ClN2O4S/c1-13-3-4-14(11-17(13)23)20-9-6-15(29-20)7-10-21(27)25-22(30)24-18-12-16(28-2)5-8-19(18)26/h3-12,26H,1-2H3,(H2,24,25,27,30)/b10-7+. The molecule has 0 radical (unpaired) electrons. The zero-order valence-electron chi connectivity index (χ0n) is 16.2. The number of ether oxygens (including phenoxy) is 1. The molecule has 0 spiro atoms. The van der Waals surface area contributed by atoms with Crippen molar-refractivity contribution in [1.82, 2.24) is 5.32 Å². The second-order valence-corrected chi connectivity index (χ2v) is 7.14. The summed E-state index contributed by atoms with van der Waals surface area (Å²) in [6, 6.07) is 13.8. The highest BCUT2D eigenvalue weighted by Gasteiger charge is 2.08. The van der Waals surface area contributed by atoms with Gasteiger partial charge in [0.15, 0.2) is 5.11 Å². The summed E-state index contributed by atoms with van der Waals surface area (Å²) in [5.74, 6) is 1.20. The largest absolute Gasteiger partial charge is 0.506 e. The maximum atomic E-state index is 12.1. The van der Waals surface area contributed by atoms with Crippen LogP contribution in [0.25, 0.3) is 17.4 Å². The quantitative estimate of drug-likeness (QED) is 0.288. The molecule has 0 aliphatic heterocycles. The molecule has 0 aliphatic carbocycles. The molecule has 1 aromatic heterocycles. The number of furan rings is 1. The fraction of sp³-hybridized carbons (Fsp3) is 0.0909. The summed E-state index contributed by atoms with van der Waals surface area (Å²) in [6.07, 6.45) is 2.82. The third-order valence-electron chi connectivity index (χ3n) is 4.17. The fourth-order valence-electron chi connectivity index (χ4n) is 2.55. The molecular formula is C22H19ClN2O4S. The number of hydrogen-bond acceptors (Lipinski definition) is 5. The van der Waals surface area contributed by atoms with Gasteiger partial charge in [-0.05, 0) is 61.1 Å². The van der Waals surface area contributed by atoms with E-state index in [9.17, 15) is 9.90 Å². The predicted molar refractivity (Wildman–Crippen MR) is 122 cm³/mol. The Morgan fingerprint density at radius 3 is 2.73 bits per heavy atom. The Bertz CT molecular complexity index is 1120. The van der Waals surface area contributed by atoms with Crippen molar-refractivity contribution in [1.29, 1.82) is 0 Å². The molecule has 2 aromatic carbocycles. The van der Waals surface area contributed by atoms with Crippen molar-refractivity contribution in [2.75, 3.05) is 12.4 Å². The Hall–Kier alpha value is -3.29. The molecule has 3 rings (SSSR count). The minimum Gasteiger partial charge on any atom is -0.506 e. The van der Waals surface area contributed by atoms with Gasteiger partial charge >= 0.3 is 0 Å². The molecule has 6 nitrogen and oxygen atoms in total. The van der Waals surface area contributed by atoms with Crippen LogP contribution in [0.4, 0.5) is 5.69 Å². The van der Waals surface area contributed by atoms with E-state index >= 15 is 0 Å². The monoisotopic (exact) mass is 442 g/mol. The highest BCUT2D eigenvalue weighted by Crippen LogP contribution is 2.28. The zero-order chi connectivity index (χ0) is 21.7. The van der Waals surface area contributed by atoms with Crippen molar-refractivity contribution in [3.05, 3.63) is 71.0 Å². The Balaban J connectivity index is 1.60. The molecule has 3 aromatic rings. The lowest BCUT2D eigenvalue weighted by molar-refractivity contribution is -0.115. The zero-order valence-corrected chi connectivity index (χ0v) is 17.8. The first-order chi connectivity index (χ1) is 14.4. The van der Waals surface area contributed by atoms with Gasteiger partial charge in [0.2, 0.25) is 5.91 Å². The molecule has 1 heterocycles. The number of carbonyl (C=O) groups excluding carboxylic acids is 1. The number of anilines is 1. The lowest BCUT2D eigenvalue weighted by Crippen LogP contribution is -2.32. The number of rotatable bonds is 5. The van der Waals surface area contributed by atoms with Crippen molar-refractivity contribution < 1.29 is 19.1 Å². The van der Waals surface area contributed by atoms with E-state index < -0.39 is 5.91 Å². The molecular weight excluding hydrogens is 424 g/mol. The number of carbonyl (C=O) groups is 1. The number of thiocarbonyl (C=S) groups is 1. The summed E-state index contributed by atoms with van der Waals surface area (Å²) >= 11 is 11.3. The Morgan fingerprint density at radius 1 is 1.20 bits per heavy atom. The molecule has 0 fully saturated rings. The molecule has 0 saturated heterocycles. The van der Waals surface area contributed by atoms with Gasteiger partial charge in [-0.3, -0.25) is 10.1 Å². The highest BCUT2D eigenvalue weighted by molar-refractivity contribution is 7.80. The summed E-state index contributed by atoms with van der Waals surface area (Å²) in [7, 11) is 1.51. The molecule has 0 atom stereocenters. The van der Waals surface area contributed by atoms with E-state index in [-0.39, 0.29) is 10.9 Å². The molecule has 1 amide bonds. The second kappa shape index (κ2) is 9.47. The minimum atomic E-state index is -0.453. The number of aromatic hydroxyl groups is 1. The smallest absolute Gasteiger partial charge is 0.250 e. The lowest BCUT2D eigenvalue weighted by atomic mass is 10.1. The first-order valence-corrected chi connectivity index (χ1v) is 9.68. The maximum absolute atomic E-state index is 12.1. The Kier molecular flexibility index (Phi) is 6.76. The van der Waals surface area contributed by atoms with Crippen molar-refractivity contribution >= 4 is 46.6 Å². The van der Waals surface area contributed by atoms with Crippen LogP contribution in [0.3, 0.4) is 0 Å². The van der Waals surface area contributed by atoms with Gasteiger partial charge in [0, 0.05) is 22.7 Å². The third-order valence-corrected chi connectivity index (χ3v) is 4.78. The molecule has 0 unspecified atom stereocenters. The predicted octanol–water partition coefficient (Wildman–Crippen LogP) is 5.15. The number of amides is 1. The van der Waals surface area contributed by atoms with Crippen LogP contribution >= 0.6 is 23.8 Å². The normalized spacial score (nSPS) is 10.8. The maximum Gasteiger partial charge on any atom is 0.250 e. The number of phenols is 1. The number of halogens is 1. The van der Waals surface area contributed by atoms with E-state index in [0.29, 0.717) is 28.0 Å². The van der Waals surface area contributed by atoms with Crippen LogP contribution in [0.2, 0.25) is 5.02 Å². The summed E-state index contributed by atoms with van der Waals surface area (Å²) in [5.41, 5.74) is 2.14. The van der Waals surface area contributed by atoms with Gasteiger partial charge in [-0.15, -0.1) is 0 Å². The van der Waals surface area contributed by atoms with Gasteiger partial charge in [0.25, 0.3) is 0 Å². The molecule has 30 heavy (non-hydrogen) atoms. The minimum absolute atomic E-state index is 0.0257. The van der Waals surface area contributed by atoms with Crippen LogP contribution in [-0.4, -0.2) is 23.2 Å². The van der Waals surface area contributed by atoms with Crippen molar-refractivity contribution in [2.45, 2.75) is 6.92 Å². The number of nitrogens with one attached hydrogen (secondary N) is 2. The second-order valence-electron chi connectivity index (χ2n) is 6.33. The van der Waals surface area contributed by atoms with Crippen molar-refractivity contribution in [3.63, 3.8) is 0 Å². The van der Waals surface area contributed by atoms with Gasteiger partial charge < -0.3 is 19.6 Å². The number of phenolic OH excluding ortho intramolecular Hbond substituents is 1. The average Bonchev–Trinajstić information content (AvgIpc) is 3.19. The van der Waals surface area contributed by atoms with E-state index in [1.54, 1.807) is 24.3 Å². The van der Waals surface area contributed by atoms with Crippen LogP contribution in [0.15, 0.2) is 59.0 Å². The summed E-state index contributed by atoms with van der Waals surface area (Å²) < 4.78 is 10.8. The highest BCUT2D eigenvalue weighted by atomic mass is 35.5. The summed E-state index contributed by atoms with van der Waals surface area (Å²) in [4.78, 5) is 12.1. The van der Waals surface area contributed by atoms with Crippen molar-refractivity contribution in [3.8, 4) is 22.8 Å². The molecule has 8 heteroatoms. The number of benzene rings is 2. The summed E-state index contributed by atoms with van der Waals surface area (Å²) in [5, 5.41) is 15.8. The first-order valence-electron chi connectivity index (χ1n) is 8.89. The van der Waals surface area contributed by atoms with E-state index in [2.05, 4.69) is 10.6 Å². The molecule has 154 valence electrons. The van der Waals surface area contributed by atoms with Crippen LogP contribution in [-0.2, 0) is 4.79 Å². The molecule has 0 bridgehead atoms. The number of aryl methyl sites for hydroxylation is 1. The lowest BCUT2D eigenvalue weighted by Gasteiger charge is -2.11. The molecule has 0 aliphatic rings. The van der Waals surface area contributed by atoms with E-state index in [4.69, 9.17) is 33.0 Å². The van der Waals surface area contributed by atoms with Crippen LogP contribution in [0.1, 0.15) is 11.3 Å². The molecule has 3 N–H and O–H groups in total. The van der Waals surface area contributed by atoms with E-state index in [1.807, 2.05) is 25.1 Å². The SMILES string of the molecule is COc1ccc(O)c(NC(=S)NC(=O)/C=C/c2ccc(-c3ccc(C)c(Cl)c3)o2)c1. The summed E-state index contributed by atoms with van der Waals surface area (Å²) in [6.45, 7) is 1.93. The van der Waals surface area contributed by atoms with Crippen molar-refractivity contribution in [2.24, 2.45) is 0 Å². The Morgan fingerprint density at radius 2 is 2.00 bits per heavy atom. The average molecular weight is 443 g/mol.